The summed E-state index contributed by atoms with van der Waals surface area (Å²) in [6, 6.07) is 5.15. The molecule has 0 radical (unpaired) electrons. The average Bonchev–Trinajstić information content (AvgIpc) is 2.47. The van der Waals surface area contributed by atoms with E-state index in [1.54, 1.807) is 37.3 Å². The molecule has 0 spiro atoms. The van der Waals surface area contributed by atoms with E-state index in [-0.39, 0.29) is 18.7 Å². The molecule has 1 unspecified atom stereocenters. The molecule has 0 bridgehead atoms. The van der Waals surface area contributed by atoms with E-state index < -0.39 is 14.8 Å². The molecule has 0 saturated heterocycles. The predicted molar refractivity (Wildman–Crippen MR) is 90.7 cm³/mol. The lowest BCUT2D eigenvalue weighted by Crippen LogP contribution is -2.48. The Balaban J connectivity index is 2.12. The third-order valence-corrected chi connectivity index (χ3v) is 7.10. The molecule has 1 heterocycles. The first-order chi connectivity index (χ1) is 10.3. The number of benzene rings is 1. The summed E-state index contributed by atoms with van der Waals surface area (Å²) in [5.41, 5.74) is 0.937. The minimum Gasteiger partial charge on any atom is -0.294 e. The highest BCUT2D eigenvalue weighted by Gasteiger charge is 2.43. The van der Waals surface area contributed by atoms with Crippen LogP contribution in [0.4, 0.5) is 5.69 Å². The maximum Gasteiger partial charge on any atom is 0.244 e. The molecule has 22 heavy (non-hydrogen) atoms. The fourth-order valence-corrected chi connectivity index (χ4v) is 4.96. The largest absolute Gasteiger partial charge is 0.294 e. The zero-order valence-electron chi connectivity index (χ0n) is 12.1. The van der Waals surface area contributed by atoms with Crippen molar-refractivity contribution in [3.8, 4) is 0 Å². The molecule has 1 aromatic carbocycles. The first-order valence-electron chi connectivity index (χ1n) is 7.05. The summed E-state index contributed by atoms with van der Waals surface area (Å²) in [6.45, 7) is 1.91. The Kier molecular flexibility index (Phi) is 3.77. The standard InChI is InChI=1S/C16H16BrNO3S/c1-16(8-3-2-4-9-16)22(20,21)18-10-7-15(19)13-6-5-12(17)11-14(13)18/h2-6,8,11H,7,9-10H2,1H3. The second kappa shape index (κ2) is 5.35. The number of carbonyl (C=O) groups is 1. The van der Waals surface area contributed by atoms with Crippen LogP contribution in [0.1, 0.15) is 30.1 Å². The average molecular weight is 382 g/mol. The number of hydrogen-bond donors (Lipinski definition) is 0. The van der Waals surface area contributed by atoms with Gasteiger partial charge in [0.1, 0.15) is 4.75 Å². The fraction of sp³-hybridized carbons (Fsp3) is 0.312. The number of sulfonamides is 1. The van der Waals surface area contributed by atoms with Crippen molar-refractivity contribution in [1.29, 1.82) is 0 Å². The highest BCUT2D eigenvalue weighted by Crippen LogP contribution is 2.38. The third-order valence-electron chi connectivity index (χ3n) is 4.17. The first-order valence-corrected chi connectivity index (χ1v) is 9.28. The second-order valence-corrected chi connectivity index (χ2v) is 8.96. The maximum absolute atomic E-state index is 13.2. The Hall–Kier alpha value is -1.40. The highest BCUT2D eigenvalue weighted by atomic mass is 79.9. The van der Waals surface area contributed by atoms with Gasteiger partial charge in [0.25, 0.3) is 0 Å². The number of fused-ring (bicyclic) bond motifs is 1. The van der Waals surface area contributed by atoms with Crippen molar-refractivity contribution in [3.05, 3.63) is 52.5 Å². The van der Waals surface area contributed by atoms with E-state index in [9.17, 15) is 13.2 Å². The molecule has 0 N–H and O–H groups in total. The minimum atomic E-state index is -3.62. The van der Waals surface area contributed by atoms with Gasteiger partial charge in [-0.2, -0.15) is 0 Å². The molecule has 2 aliphatic rings. The zero-order valence-corrected chi connectivity index (χ0v) is 14.5. The Bertz CT molecular complexity index is 798. The van der Waals surface area contributed by atoms with Crippen LogP contribution in [0.15, 0.2) is 47.0 Å². The first kappa shape index (κ1) is 15.5. The fourth-order valence-electron chi connectivity index (χ4n) is 2.81. The molecule has 1 aromatic rings. The number of Topliss-reactive ketones (excluding diaryl/α,β-unsaturated/α-hetero) is 1. The van der Waals surface area contributed by atoms with Gasteiger partial charge in [0.2, 0.25) is 10.0 Å². The molecule has 116 valence electrons. The Morgan fingerprint density at radius 2 is 2.05 bits per heavy atom. The predicted octanol–water partition coefficient (Wildman–Crippen LogP) is 3.45. The van der Waals surface area contributed by atoms with E-state index >= 15 is 0 Å². The van der Waals surface area contributed by atoms with Gasteiger partial charge >= 0.3 is 0 Å². The second-order valence-electron chi connectivity index (χ2n) is 5.72. The molecule has 0 saturated carbocycles. The van der Waals surface area contributed by atoms with E-state index in [0.29, 0.717) is 17.7 Å². The number of rotatable bonds is 2. The van der Waals surface area contributed by atoms with E-state index in [0.717, 1.165) is 4.47 Å². The highest BCUT2D eigenvalue weighted by molar-refractivity contribution is 9.10. The van der Waals surface area contributed by atoms with Crippen LogP contribution in [0.3, 0.4) is 0 Å². The summed E-state index contributed by atoms with van der Waals surface area (Å²) in [6.07, 6.45) is 7.83. The van der Waals surface area contributed by atoms with E-state index in [1.165, 1.54) is 4.31 Å². The minimum absolute atomic E-state index is 0.0156. The Labute approximate surface area is 138 Å². The third kappa shape index (κ3) is 2.34. The van der Waals surface area contributed by atoms with Crippen molar-refractivity contribution < 1.29 is 13.2 Å². The van der Waals surface area contributed by atoms with E-state index in [1.807, 2.05) is 12.2 Å². The number of hydrogen-bond acceptors (Lipinski definition) is 3. The van der Waals surface area contributed by atoms with Crippen molar-refractivity contribution >= 4 is 37.4 Å². The summed E-state index contributed by atoms with van der Waals surface area (Å²) in [7, 11) is -3.62. The van der Waals surface area contributed by atoms with Crippen molar-refractivity contribution in [2.24, 2.45) is 0 Å². The van der Waals surface area contributed by atoms with Crippen LogP contribution in [-0.2, 0) is 10.0 Å². The van der Waals surface area contributed by atoms with Crippen molar-refractivity contribution in [3.63, 3.8) is 0 Å². The number of carbonyl (C=O) groups excluding carboxylic acids is 1. The number of anilines is 1. The summed E-state index contributed by atoms with van der Waals surface area (Å²) in [5, 5.41) is 0. The van der Waals surface area contributed by atoms with Gasteiger partial charge < -0.3 is 0 Å². The summed E-state index contributed by atoms with van der Waals surface area (Å²) in [5.74, 6) is -0.0156. The molecule has 1 aliphatic carbocycles. The van der Waals surface area contributed by atoms with Gasteiger partial charge in [-0.3, -0.25) is 9.10 Å². The molecule has 3 rings (SSSR count). The monoisotopic (exact) mass is 381 g/mol. The normalized spacial score (nSPS) is 24.5. The topological polar surface area (TPSA) is 54.5 Å². The molecular weight excluding hydrogens is 366 g/mol. The molecule has 1 atom stereocenters. The molecule has 0 aromatic heterocycles. The SMILES string of the molecule is CC1(S(=O)(=O)N2CCC(=O)c3ccc(Br)cc32)C=CC=CC1. The molecule has 1 aliphatic heterocycles. The van der Waals surface area contributed by atoms with Gasteiger partial charge in [-0.1, -0.05) is 40.2 Å². The van der Waals surface area contributed by atoms with Crippen molar-refractivity contribution in [1.82, 2.24) is 0 Å². The summed E-state index contributed by atoms with van der Waals surface area (Å²) >= 11 is 3.36. The van der Waals surface area contributed by atoms with Crippen LogP contribution in [0, 0.1) is 0 Å². The van der Waals surface area contributed by atoms with Gasteiger partial charge in [-0.05, 0) is 31.5 Å². The van der Waals surface area contributed by atoms with Crippen LogP contribution in [0.25, 0.3) is 0 Å². The van der Waals surface area contributed by atoms with Gasteiger partial charge in [-0.15, -0.1) is 0 Å². The lowest BCUT2D eigenvalue weighted by Gasteiger charge is -2.37. The lowest BCUT2D eigenvalue weighted by atomic mass is 10.0. The van der Waals surface area contributed by atoms with Gasteiger partial charge in [0, 0.05) is 23.0 Å². The Morgan fingerprint density at radius 1 is 1.27 bits per heavy atom. The summed E-state index contributed by atoms with van der Waals surface area (Å²) in [4.78, 5) is 12.1. The Morgan fingerprint density at radius 3 is 2.73 bits per heavy atom. The molecular formula is C16H16BrNO3S. The van der Waals surface area contributed by atoms with Crippen molar-refractivity contribution in [2.45, 2.75) is 24.5 Å². The van der Waals surface area contributed by atoms with E-state index in [2.05, 4.69) is 15.9 Å². The number of allylic oxidation sites excluding steroid dienone is 3. The molecule has 0 fully saturated rings. The maximum atomic E-state index is 13.2. The zero-order chi connectivity index (χ0) is 16.0. The van der Waals surface area contributed by atoms with Gasteiger partial charge in [0.15, 0.2) is 5.78 Å². The van der Waals surface area contributed by atoms with Gasteiger partial charge in [0.05, 0.1) is 5.69 Å². The molecule has 4 nitrogen and oxygen atoms in total. The van der Waals surface area contributed by atoms with Crippen LogP contribution in [-0.4, -0.2) is 25.5 Å². The van der Waals surface area contributed by atoms with E-state index in [4.69, 9.17) is 0 Å². The molecule has 6 heteroatoms. The van der Waals surface area contributed by atoms with Gasteiger partial charge in [-0.25, -0.2) is 8.42 Å². The molecule has 0 amide bonds. The van der Waals surface area contributed by atoms with Crippen molar-refractivity contribution in [2.75, 3.05) is 10.8 Å². The smallest absolute Gasteiger partial charge is 0.244 e. The number of halogens is 1. The van der Waals surface area contributed by atoms with Crippen LogP contribution >= 0.6 is 15.9 Å². The van der Waals surface area contributed by atoms with Crippen LogP contribution in [0.5, 0.6) is 0 Å². The quantitative estimate of drug-likeness (QED) is 0.788. The number of nitrogens with zero attached hydrogens (tertiary/aromatic N) is 1. The summed E-state index contributed by atoms with van der Waals surface area (Å²) < 4.78 is 27.5. The number of ketones is 1. The lowest BCUT2D eigenvalue weighted by molar-refractivity contribution is 0.0982. The van der Waals surface area contributed by atoms with Crippen LogP contribution < -0.4 is 4.31 Å². The van der Waals surface area contributed by atoms with Crippen LogP contribution in [0.2, 0.25) is 0 Å².